The molecule has 1 aliphatic rings. The lowest BCUT2D eigenvalue weighted by molar-refractivity contribution is -0.146. The Hall–Kier alpha value is -1.84. The number of anilines is 1. The van der Waals surface area contributed by atoms with E-state index < -0.39 is 0 Å². The lowest BCUT2D eigenvalue weighted by Crippen LogP contribution is -2.25. The van der Waals surface area contributed by atoms with Gasteiger partial charge in [0.25, 0.3) is 0 Å². The van der Waals surface area contributed by atoms with Crippen molar-refractivity contribution >= 4 is 17.4 Å². The number of esters is 1. The van der Waals surface area contributed by atoms with Crippen LogP contribution in [0.2, 0.25) is 0 Å². The van der Waals surface area contributed by atoms with Crippen LogP contribution < -0.4 is 5.32 Å². The fourth-order valence-corrected chi connectivity index (χ4v) is 1.91. The minimum atomic E-state index is -0.339. The Morgan fingerprint density at radius 1 is 1.28 bits per heavy atom. The first kappa shape index (κ1) is 12.6. The van der Waals surface area contributed by atoms with Crippen LogP contribution in [0.1, 0.15) is 30.1 Å². The molecule has 1 N–H and O–H groups in total. The van der Waals surface area contributed by atoms with E-state index in [0.29, 0.717) is 12.1 Å². The molecule has 0 spiro atoms. The molecule has 0 radical (unpaired) electrons. The molecule has 0 unspecified atom stereocenters. The van der Waals surface area contributed by atoms with Crippen LogP contribution in [-0.4, -0.2) is 25.4 Å². The largest absolute Gasteiger partial charge is 0.469 e. The minimum Gasteiger partial charge on any atom is -0.469 e. The van der Waals surface area contributed by atoms with E-state index in [-0.39, 0.29) is 17.2 Å². The quantitative estimate of drug-likeness (QED) is 0.640. The summed E-state index contributed by atoms with van der Waals surface area (Å²) in [6.07, 6.45) is 1.75. The van der Waals surface area contributed by atoms with Crippen molar-refractivity contribution in [2.75, 3.05) is 19.0 Å². The molecular weight excluding hydrogens is 230 g/mol. The zero-order valence-electron chi connectivity index (χ0n) is 10.7. The van der Waals surface area contributed by atoms with Crippen molar-refractivity contribution < 1.29 is 14.3 Å². The molecule has 18 heavy (non-hydrogen) atoms. The third-order valence-corrected chi connectivity index (χ3v) is 3.39. The lowest BCUT2D eigenvalue weighted by Gasteiger charge is -2.14. The Kier molecular flexibility index (Phi) is 3.36. The van der Waals surface area contributed by atoms with Gasteiger partial charge in [0.1, 0.15) is 0 Å². The van der Waals surface area contributed by atoms with Crippen molar-refractivity contribution in [1.29, 1.82) is 0 Å². The summed E-state index contributed by atoms with van der Waals surface area (Å²) in [6.45, 7) is 2.12. The zero-order valence-corrected chi connectivity index (χ0v) is 10.7. The number of carbonyl (C=O) groups is 2. The number of ketones is 1. The number of hydrogen-bond acceptors (Lipinski definition) is 4. The molecule has 96 valence electrons. The fraction of sp³-hybridized carbons (Fsp3) is 0.429. The Morgan fingerprint density at radius 3 is 2.33 bits per heavy atom. The third kappa shape index (κ3) is 2.53. The maximum absolute atomic E-state index is 11.6. The number of benzene rings is 1. The van der Waals surface area contributed by atoms with E-state index in [1.54, 1.807) is 19.1 Å². The smallest absolute Gasteiger partial charge is 0.313 e. The summed E-state index contributed by atoms with van der Waals surface area (Å²) >= 11 is 0. The second-order valence-corrected chi connectivity index (χ2v) is 4.76. The van der Waals surface area contributed by atoms with Gasteiger partial charge in [0, 0.05) is 17.8 Å². The van der Waals surface area contributed by atoms with E-state index in [0.717, 1.165) is 18.5 Å². The van der Waals surface area contributed by atoms with Gasteiger partial charge in [-0.15, -0.1) is 0 Å². The molecule has 0 aromatic heterocycles. The van der Waals surface area contributed by atoms with Gasteiger partial charge in [0.2, 0.25) is 0 Å². The first-order valence-electron chi connectivity index (χ1n) is 6.01. The average molecular weight is 247 g/mol. The monoisotopic (exact) mass is 247 g/mol. The van der Waals surface area contributed by atoms with Crippen molar-refractivity contribution in [1.82, 2.24) is 0 Å². The third-order valence-electron chi connectivity index (χ3n) is 3.39. The number of Topliss-reactive ketones (excluding diaryl/α,β-unsaturated/α-hetero) is 1. The van der Waals surface area contributed by atoms with Crippen molar-refractivity contribution in [3.63, 3.8) is 0 Å². The SMILES string of the molecule is COC(=O)C1(CNc2ccc(C(C)=O)cc2)CC1. The summed E-state index contributed by atoms with van der Waals surface area (Å²) in [7, 11) is 1.42. The summed E-state index contributed by atoms with van der Waals surface area (Å²) in [4.78, 5) is 22.7. The molecule has 1 aromatic carbocycles. The highest BCUT2D eigenvalue weighted by Gasteiger charge is 2.50. The number of carbonyl (C=O) groups excluding carboxylic acids is 2. The summed E-state index contributed by atoms with van der Waals surface area (Å²) in [5.41, 5.74) is 1.26. The fourth-order valence-electron chi connectivity index (χ4n) is 1.91. The number of hydrogen-bond donors (Lipinski definition) is 1. The molecule has 0 atom stereocenters. The van der Waals surface area contributed by atoms with Gasteiger partial charge in [0.15, 0.2) is 5.78 Å². The predicted octanol–water partition coefficient (Wildman–Crippen LogP) is 2.25. The molecule has 2 rings (SSSR count). The van der Waals surface area contributed by atoms with Crippen LogP contribution in [0.4, 0.5) is 5.69 Å². The number of ether oxygens (including phenoxy) is 1. The summed E-state index contributed by atoms with van der Waals surface area (Å²) in [5, 5.41) is 3.22. The molecule has 1 saturated carbocycles. The van der Waals surface area contributed by atoms with E-state index in [2.05, 4.69) is 5.32 Å². The molecule has 0 saturated heterocycles. The Labute approximate surface area is 106 Å². The standard InChI is InChI=1S/C14H17NO3/c1-10(16)11-3-5-12(6-4-11)15-9-14(7-8-14)13(17)18-2/h3-6,15H,7-9H2,1-2H3. The summed E-state index contributed by atoms with van der Waals surface area (Å²) < 4.78 is 4.79. The van der Waals surface area contributed by atoms with Gasteiger partial charge in [-0.2, -0.15) is 0 Å². The highest BCUT2D eigenvalue weighted by molar-refractivity contribution is 5.94. The number of nitrogens with one attached hydrogen (secondary N) is 1. The molecule has 0 bridgehead atoms. The van der Waals surface area contributed by atoms with Crippen LogP contribution in [0.25, 0.3) is 0 Å². The number of rotatable bonds is 5. The highest BCUT2D eigenvalue weighted by atomic mass is 16.5. The zero-order chi connectivity index (χ0) is 13.2. The van der Waals surface area contributed by atoms with Gasteiger partial charge in [-0.05, 0) is 44.0 Å². The second kappa shape index (κ2) is 4.80. The predicted molar refractivity (Wildman–Crippen MR) is 68.6 cm³/mol. The van der Waals surface area contributed by atoms with Gasteiger partial charge in [0.05, 0.1) is 12.5 Å². The molecule has 1 fully saturated rings. The maximum Gasteiger partial charge on any atom is 0.313 e. The van der Waals surface area contributed by atoms with Crippen molar-refractivity contribution in [2.24, 2.45) is 5.41 Å². The minimum absolute atomic E-state index is 0.0507. The molecule has 4 heteroatoms. The van der Waals surface area contributed by atoms with Crippen LogP contribution in [-0.2, 0) is 9.53 Å². The van der Waals surface area contributed by atoms with E-state index in [1.165, 1.54) is 7.11 Å². The van der Waals surface area contributed by atoms with Gasteiger partial charge in [-0.1, -0.05) is 0 Å². The Bertz CT molecular complexity index is 460. The van der Waals surface area contributed by atoms with Crippen LogP contribution in [0.15, 0.2) is 24.3 Å². The van der Waals surface area contributed by atoms with E-state index in [4.69, 9.17) is 4.74 Å². The molecule has 1 aliphatic carbocycles. The second-order valence-electron chi connectivity index (χ2n) is 4.76. The van der Waals surface area contributed by atoms with Crippen LogP contribution in [0.5, 0.6) is 0 Å². The summed E-state index contributed by atoms with van der Waals surface area (Å²) in [5.74, 6) is -0.0925. The van der Waals surface area contributed by atoms with Crippen molar-refractivity contribution in [3.05, 3.63) is 29.8 Å². The highest BCUT2D eigenvalue weighted by Crippen LogP contribution is 2.46. The van der Waals surface area contributed by atoms with Gasteiger partial charge >= 0.3 is 5.97 Å². The van der Waals surface area contributed by atoms with Crippen LogP contribution in [0, 0.1) is 5.41 Å². The molecule has 0 aliphatic heterocycles. The Balaban J connectivity index is 1.95. The lowest BCUT2D eigenvalue weighted by atomic mass is 10.1. The van der Waals surface area contributed by atoms with Crippen LogP contribution >= 0.6 is 0 Å². The van der Waals surface area contributed by atoms with E-state index in [1.807, 2.05) is 12.1 Å². The molecule has 1 aromatic rings. The van der Waals surface area contributed by atoms with Crippen molar-refractivity contribution in [2.45, 2.75) is 19.8 Å². The molecule has 4 nitrogen and oxygen atoms in total. The molecule has 0 heterocycles. The normalized spacial score (nSPS) is 15.9. The average Bonchev–Trinajstić information content (AvgIpc) is 3.17. The van der Waals surface area contributed by atoms with Gasteiger partial charge in [-0.25, -0.2) is 0 Å². The first-order chi connectivity index (χ1) is 8.57. The topological polar surface area (TPSA) is 55.4 Å². The van der Waals surface area contributed by atoms with Crippen LogP contribution in [0.3, 0.4) is 0 Å². The summed E-state index contributed by atoms with van der Waals surface area (Å²) in [6, 6.07) is 7.26. The molecule has 0 amide bonds. The van der Waals surface area contributed by atoms with E-state index in [9.17, 15) is 9.59 Å². The van der Waals surface area contributed by atoms with Gasteiger partial charge < -0.3 is 10.1 Å². The Morgan fingerprint density at radius 2 is 1.89 bits per heavy atom. The van der Waals surface area contributed by atoms with E-state index >= 15 is 0 Å². The van der Waals surface area contributed by atoms with Gasteiger partial charge in [-0.3, -0.25) is 9.59 Å². The van der Waals surface area contributed by atoms with Crippen molar-refractivity contribution in [3.8, 4) is 0 Å². The first-order valence-corrected chi connectivity index (χ1v) is 6.01. The molecular formula is C14H17NO3. The number of methoxy groups -OCH3 is 1. The maximum atomic E-state index is 11.6.